The van der Waals surface area contributed by atoms with Gasteiger partial charge in [-0.05, 0) is 48.7 Å². The quantitative estimate of drug-likeness (QED) is 0.561. The van der Waals surface area contributed by atoms with Crippen LogP contribution in [0.4, 0.5) is 5.95 Å². The fourth-order valence-corrected chi connectivity index (χ4v) is 4.30. The van der Waals surface area contributed by atoms with Gasteiger partial charge in [0.05, 0.1) is 18.4 Å². The van der Waals surface area contributed by atoms with E-state index in [1.54, 1.807) is 36.9 Å². The predicted molar refractivity (Wildman–Crippen MR) is 123 cm³/mol. The summed E-state index contributed by atoms with van der Waals surface area (Å²) in [5, 5.41) is 0. The highest BCUT2D eigenvalue weighted by molar-refractivity contribution is 6.35. The number of anilines is 1. The van der Waals surface area contributed by atoms with Crippen molar-refractivity contribution in [2.45, 2.75) is 20.4 Å². The Balaban J connectivity index is 1.48. The van der Waals surface area contributed by atoms with E-state index in [2.05, 4.69) is 14.9 Å². The Bertz CT molecular complexity index is 1210. The second-order valence-electron chi connectivity index (χ2n) is 8.32. The Morgan fingerprint density at radius 3 is 2.27 bits per heavy atom. The van der Waals surface area contributed by atoms with Crippen molar-refractivity contribution in [3.8, 4) is 0 Å². The zero-order chi connectivity index (χ0) is 22.9. The van der Waals surface area contributed by atoms with Crippen molar-refractivity contribution in [3.05, 3.63) is 83.2 Å². The monoisotopic (exact) mass is 443 g/mol. The van der Waals surface area contributed by atoms with E-state index in [-0.39, 0.29) is 18.4 Å². The highest BCUT2D eigenvalue weighted by Gasteiger charge is 2.42. The van der Waals surface area contributed by atoms with Crippen LogP contribution in [0.2, 0.25) is 0 Å². The van der Waals surface area contributed by atoms with Gasteiger partial charge in [0.15, 0.2) is 0 Å². The molecule has 1 saturated heterocycles. The molecule has 5 rings (SSSR count). The molecule has 8 heteroatoms. The Kier molecular flexibility index (Phi) is 5.42. The minimum Gasteiger partial charge on any atom is -0.467 e. The van der Waals surface area contributed by atoms with Gasteiger partial charge in [0.25, 0.3) is 11.8 Å². The van der Waals surface area contributed by atoms with E-state index in [1.165, 1.54) is 4.90 Å². The maximum absolute atomic E-state index is 13.6. The number of carbonyl (C=O) groups excluding carboxylic acids is 2. The van der Waals surface area contributed by atoms with E-state index in [4.69, 9.17) is 4.42 Å². The molecule has 168 valence electrons. The predicted octanol–water partition coefficient (Wildman–Crippen LogP) is 2.79. The molecule has 0 aliphatic carbocycles. The number of carbonyl (C=O) groups is 2. The van der Waals surface area contributed by atoms with Gasteiger partial charge in [-0.15, -0.1) is 0 Å². The van der Waals surface area contributed by atoms with Gasteiger partial charge in [-0.25, -0.2) is 9.97 Å². The van der Waals surface area contributed by atoms with Gasteiger partial charge in [-0.3, -0.25) is 14.5 Å². The molecule has 8 nitrogen and oxygen atoms in total. The minimum atomic E-state index is -0.288. The third-order valence-corrected chi connectivity index (χ3v) is 6.26. The van der Waals surface area contributed by atoms with Gasteiger partial charge < -0.3 is 14.2 Å². The van der Waals surface area contributed by atoms with Crippen molar-refractivity contribution in [1.29, 1.82) is 0 Å². The summed E-state index contributed by atoms with van der Waals surface area (Å²) >= 11 is 0. The molecule has 2 aliphatic rings. The Labute approximate surface area is 192 Å². The van der Waals surface area contributed by atoms with Crippen LogP contribution in [0.15, 0.2) is 65.2 Å². The first-order chi connectivity index (χ1) is 16.0. The molecule has 0 spiro atoms. The van der Waals surface area contributed by atoms with Gasteiger partial charge in [0, 0.05) is 38.6 Å². The number of hydrogen-bond donors (Lipinski definition) is 0. The minimum absolute atomic E-state index is 0.111. The summed E-state index contributed by atoms with van der Waals surface area (Å²) in [6.07, 6.45) is 4.99. The summed E-state index contributed by atoms with van der Waals surface area (Å²) in [6, 6.07) is 11.2. The van der Waals surface area contributed by atoms with Gasteiger partial charge in [0.1, 0.15) is 11.5 Å². The molecule has 0 N–H and O–H groups in total. The van der Waals surface area contributed by atoms with Crippen LogP contribution in [0.5, 0.6) is 0 Å². The molecule has 0 saturated carbocycles. The van der Waals surface area contributed by atoms with Crippen molar-refractivity contribution in [2.24, 2.45) is 0 Å². The van der Waals surface area contributed by atoms with E-state index in [0.29, 0.717) is 49.2 Å². The highest BCUT2D eigenvalue weighted by Crippen LogP contribution is 2.34. The SMILES string of the molecule is Cc1ccc(C2=C(N3CCN(c4ncccn4)CC3)C(=O)N(Cc3ccco3)C2=O)cc1C. The molecular weight excluding hydrogens is 418 g/mol. The largest absolute Gasteiger partial charge is 0.467 e. The van der Waals surface area contributed by atoms with Gasteiger partial charge in [0.2, 0.25) is 5.95 Å². The van der Waals surface area contributed by atoms with E-state index in [0.717, 1.165) is 16.7 Å². The first-order valence-corrected chi connectivity index (χ1v) is 11.0. The maximum Gasteiger partial charge on any atom is 0.278 e. The van der Waals surface area contributed by atoms with Crippen molar-refractivity contribution < 1.29 is 14.0 Å². The van der Waals surface area contributed by atoms with Gasteiger partial charge >= 0.3 is 0 Å². The number of hydrogen-bond acceptors (Lipinski definition) is 7. The second-order valence-corrected chi connectivity index (χ2v) is 8.32. The topological polar surface area (TPSA) is 82.8 Å². The summed E-state index contributed by atoms with van der Waals surface area (Å²) in [6.45, 7) is 6.66. The first kappa shape index (κ1) is 20.9. The number of benzene rings is 1. The molecule has 3 aromatic rings. The lowest BCUT2D eigenvalue weighted by molar-refractivity contribution is -0.138. The number of aryl methyl sites for hydroxylation is 2. The van der Waals surface area contributed by atoms with Crippen molar-refractivity contribution >= 4 is 23.3 Å². The lowest BCUT2D eigenvalue weighted by Gasteiger charge is -2.36. The van der Waals surface area contributed by atoms with Crippen molar-refractivity contribution in [1.82, 2.24) is 19.8 Å². The maximum atomic E-state index is 13.6. The molecule has 2 amide bonds. The number of furan rings is 1. The summed E-state index contributed by atoms with van der Waals surface area (Å²) in [5.41, 5.74) is 3.90. The molecule has 0 unspecified atom stereocenters. The number of piperazine rings is 1. The number of imide groups is 1. The second kappa shape index (κ2) is 8.54. The first-order valence-electron chi connectivity index (χ1n) is 11.0. The standard InChI is InChI=1S/C25H25N5O3/c1-17-6-7-19(15-18(17)2)21-22(24(32)30(23(21)31)16-20-5-3-14-33-20)28-10-12-29(13-11-28)25-26-8-4-9-27-25/h3-9,14-15H,10-13,16H2,1-2H3. The Morgan fingerprint density at radius 1 is 0.879 bits per heavy atom. The Morgan fingerprint density at radius 2 is 1.61 bits per heavy atom. The number of rotatable bonds is 5. The lowest BCUT2D eigenvalue weighted by atomic mass is 9.99. The van der Waals surface area contributed by atoms with Crippen molar-refractivity contribution in [2.75, 3.05) is 31.1 Å². The number of aromatic nitrogens is 2. The smallest absolute Gasteiger partial charge is 0.278 e. The summed E-state index contributed by atoms with van der Waals surface area (Å²) in [4.78, 5) is 41.1. The fourth-order valence-electron chi connectivity index (χ4n) is 4.30. The molecule has 4 heterocycles. The van der Waals surface area contributed by atoms with E-state index < -0.39 is 0 Å². The van der Waals surface area contributed by atoms with Crippen LogP contribution in [-0.2, 0) is 16.1 Å². The summed E-state index contributed by atoms with van der Waals surface area (Å²) in [7, 11) is 0. The van der Waals surface area contributed by atoms with Crippen LogP contribution in [0.25, 0.3) is 5.57 Å². The van der Waals surface area contributed by atoms with E-state index >= 15 is 0 Å². The van der Waals surface area contributed by atoms with E-state index in [1.807, 2.05) is 36.9 Å². The number of amides is 2. The van der Waals surface area contributed by atoms with Crippen LogP contribution < -0.4 is 4.90 Å². The highest BCUT2D eigenvalue weighted by atomic mass is 16.3. The van der Waals surface area contributed by atoms with Gasteiger partial charge in [-0.1, -0.05) is 18.2 Å². The third kappa shape index (κ3) is 3.88. The van der Waals surface area contributed by atoms with Crippen LogP contribution in [-0.4, -0.2) is 57.8 Å². The van der Waals surface area contributed by atoms with E-state index in [9.17, 15) is 9.59 Å². The summed E-state index contributed by atoms with van der Waals surface area (Å²) < 4.78 is 5.41. The van der Waals surface area contributed by atoms with Crippen LogP contribution in [0.1, 0.15) is 22.5 Å². The zero-order valence-electron chi connectivity index (χ0n) is 18.7. The average molecular weight is 444 g/mol. The van der Waals surface area contributed by atoms with Crippen LogP contribution in [0, 0.1) is 13.8 Å². The van der Waals surface area contributed by atoms with Crippen molar-refractivity contribution in [3.63, 3.8) is 0 Å². The number of nitrogens with zero attached hydrogens (tertiary/aromatic N) is 5. The molecule has 2 aliphatic heterocycles. The summed E-state index contributed by atoms with van der Waals surface area (Å²) in [5.74, 6) is 0.676. The molecule has 33 heavy (non-hydrogen) atoms. The lowest BCUT2D eigenvalue weighted by Crippen LogP contribution is -2.48. The molecule has 1 aromatic carbocycles. The molecule has 0 radical (unpaired) electrons. The third-order valence-electron chi connectivity index (χ3n) is 6.26. The molecule has 2 aromatic heterocycles. The molecular formula is C25H25N5O3. The van der Waals surface area contributed by atoms with Crippen LogP contribution >= 0.6 is 0 Å². The van der Waals surface area contributed by atoms with Crippen LogP contribution in [0.3, 0.4) is 0 Å². The normalized spacial score (nSPS) is 16.8. The molecule has 0 atom stereocenters. The molecule has 0 bridgehead atoms. The zero-order valence-corrected chi connectivity index (χ0v) is 18.7. The molecule has 1 fully saturated rings. The van der Waals surface area contributed by atoms with Gasteiger partial charge in [-0.2, -0.15) is 0 Å². The fraction of sp³-hybridized carbons (Fsp3) is 0.280. The average Bonchev–Trinajstić information content (AvgIpc) is 3.44. The Hall–Kier alpha value is -3.94.